The van der Waals surface area contributed by atoms with E-state index in [0.29, 0.717) is 42.8 Å². The first-order chi connectivity index (χ1) is 14.0. The SMILES string of the molecule is CN(C)C(=O)COc1ccccc1C(=O)NC1CCN(C(=O)c2ccoc2)CC1. The normalized spacial score (nSPS) is 14.3. The van der Waals surface area contributed by atoms with Crippen molar-refractivity contribution in [1.29, 1.82) is 0 Å². The maximum atomic E-state index is 12.7. The Kier molecular flexibility index (Phi) is 6.54. The molecule has 0 spiro atoms. The van der Waals surface area contributed by atoms with E-state index in [1.54, 1.807) is 49.3 Å². The van der Waals surface area contributed by atoms with Crippen LogP contribution in [0.2, 0.25) is 0 Å². The zero-order valence-corrected chi connectivity index (χ0v) is 16.6. The lowest BCUT2D eigenvalue weighted by Crippen LogP contribution is -2.46. The third kappa shape index (κ3) is 5.16. The number of nitrogens with zero attached hydrogens (tertiary/aromatic N) is 2. The van der Waals surface area contributed by atoms with Crippen molar-refractivity contribution in [3.05, 3.63) is 54.0 Å². The molecule has 2 aromatic rings. The number of ether oxygens (including phenoxy) is 1. The Labute approximate surface area is 169 Å². The van der Waals surface area contributed by atoms with Crippen molar-refractivity contribution in [2.75, 3.05) is 33.8 Å². The van der Waals surface area contributed by atoms with E-state index >= 15 is 0 Å². The molecule has 0 aliphatic carbocycles. The number of hydrogen-bond donors (Lipinski definition) is 1. The van der Waals surface area contributed by atoms with Gasteiger partial charge in [-0.15, -0.1) is 0 Å². The summed E-state index contributed by atoms with van der Waals surface area (Å²) in [6.07, 6.45) is 4.24. The van der Waals surface area contributed by atoms with Crippen LogP contribution in [0.15, 0.2) is 47.3 Å². The number of benzene rings is 1. The summed E-state index contributed by atoms with van der Waals surface area (Å²) in [6.45, 7) is 0.987. The molecule has 1 N–H and O–H groups in total. The fraction of sp³-hybridized carbons (Fsp3) is 0.381. The number of rotatable bonds is 6. The van der Waals surface area contributed by atoms with Gasteiger partial charge in [0.2, 0.25) is 0 Å². The number of carbonyl (C=O) groups is 3. The molecule has 2 heterocycles. The smallest absolute Gasteiger partial charge is 0.259 e. The quantitative estimate of drug-likeness (QED) is 0.799. The van der Waals surface area contributed by atoms with E-state index in [9.17, 15) is 14.4 Å². The summed E-state index contributed by atoms with van der Waals surface area (Å²) >= 11 is 0. The molecule has 1 aliphatic rings. The fourth-order valence-corrected chi connectivity index (χ4v) is 3.11. The zero-order chi connectivity index (χ0) is 20.8. The fourth-order valence-electron chi connectivity index (χ4n) is 3.11. The lowest BCUT2D eigenvalue weighted by Gasteiger charge is -2.32. The van der Waals surface area contributed by atoms with Gasteiger partial charge in [-0.3, -0.25) is 14.4 Å². The van der Waals surface area contributed by atoms with Crippen LogP contribution in [-0.2, 0) is 4.79 Å². The molecule has 1 aromatic carbocycles. The van der Waals surface area contributed by atoms with Crippen LogP contribution in [-0.4, -0.2) is 67.4 Å². The highest BCUT2D eigenvalue weighted by molar-refractivity contribution is 5.97. The van der Waals surface area contributed by atoms with E-state index in [1.807, 2.05) is 0 Å². The first-order valence-corrected chi connectivity index (χ1v) is 9.50. The van der Waals surface area contributed by atoms with Gasteiger partial charge < -0.3 is 24.3 Å². The van der Waals surface area contributed by atoms with Crippen molar-refractivity contribution in [1.82, 2.24) is 15.1 Å². The van der Waals surface area contributed by atoms with Gasteiger partial charge in [-0.05, 0) is 31.0 Å². The topological polar surface area (TPSA) is 92.1 Å². The third-order valence-electron chi connectivity index (χ3n) is 4.87. The van der Waals surface area contributed by atoms with Crippen LogP contribution >= 0.6 is 0 Å². The third-order valence-corrected chi connectivity index (χ3v) is 4.87. The van der Waals surface area contributed by atoms with Gasteiger partial charge in [0.25, 0.3) is 17.7 Å². The van der Waals surface area contributed by atoms with Crippen LogP contribution in [0.3, 0.4) is 0 Å². The van der Waals surface area contributed by atoms with Gasteiger partial charge in [-0.25, -0.2) is 0 Å². The molecule has 0 saturated carbocycles. The summed E-state index contributed by atoms with van der Waals surface area (Å²) in [6, 6.07) is 8.46. The Bertz CT molecular complexity index is 855. The average molecular weight is 399 g/mol. The number of piperidine rings is 1. The summed E-state index contributed by atoms with van der Waals surface area (Å²) in [5.74, 6) is -0.131. The van der Waals surface area contributed by atoms with E-state index < -0.39 is 0 Å². The lowest BCUT2D eigenvalue weighted by atomic mass is 10.0. The highest BCUT2D eigenvalue weighted by atomic mass is 16.5. The highest BCUT2D eigenvalue weighted by Gasteiger charge is 2.26. The first-order valence-electron chi connectivity index (χ1n) is 9.50. The Balaban J connectivity index is 1.55. The van der Waals surface area contributed by atoms with Crippen molar-refractivity contribution in [3.63, 3.8) is 0 Å². The lowest BCUT2D eigenvalue weighted by molar-refractivity contribution is -0.130. The standard InChI is InChI=1S/C21H25N3O5/c1-23(2)19(25)14-29-18-6-4-3-5-17(18)20(26)22-16-7-10-24(11-8-16)21(27)15-9-12-28-13-15/h3-6,9,12-13,16H,7-8,10-11,14H2,1-2H3,(H,22,26). The number of amides is 3. The minimum atomic E-state index is -0.252. The molecule has 0 atom stereocenters. The number of hydrogen-bond acceptors (Lipinski definition) is 5. The van der Waals surface area contributed by atoms with Crippen molar-refractivity contribution >= 4 is 17.7 Å². The van der Waals surface area contributed by atoms with Gasteiger partial charge in [0, 0.05) is 33.2 Å². The zero-order valence-electron chi connectivity index (χ0n) is 16.6. The van der Waals surface area contributed by atoms with Crippen LogP contribution in [0.25, 0.3) is 0 Å². The number of likely N-dealkylation sites (tertiary alicyclic amines) is 1. The van der Waals surface area contributed by atoms with Gasteiger partial charge in [-0.2, -0.15) is 0 Å². The highest BCUT2D eigenvalue weighted by Crippen LogP contribution is 2.20. The molecular weight excluding hydrogens is 374 g/mol. The molecule has 1 aliphatic heterocycles. The molecule has 3 amide bonds. The van der Waals surface area contributed by atoms with Crippen molar-refractivity contribution < 1.29 is 23.5 Å². The number of furan rings is 1. The molecule has 3 rings (SSSR count). The predicted octanol–water partition coefficient (Wildman–Crippen LogP) is 1.78. The van der Waals surface area contributed by atoms with Crippen molar-refractivity contribution in [2.45, 2.75) is 18.9 Å². The van der Waals surface area contributed by atoms with Crippen LogP contribution in [0.4, 0.5) is 0 Å². The second-order valence-corrected chi connectivity index (χ2v) is 7.12. The Morgan fingerprint density at radius 1 is 1.17 bits per heavy atom. The minimum Gasteiger partial charge on any atom is -0.483 e. The number of nitrogens with one attached hydrogen (secondary N) is 1. The average Bonchev–Trinajstić information content (AvgIpc) is 3.27. The van der Waals surface area contributed by atoms with Gasteiger partial charge >= 0.3 is 0 Å². The van der Waals surface area contributed by atoms with Crippen LogP contribution < -0.4 is 10.1 Å². The van der Waals surface area contributed by atoms with Crippen molar-refractivity contribution in [2.24, 2.45) is 0 Å². The van der Waals surface area contributed by atoms with E-state index in [-0.39, 0.29) is 30.4 Å². The molecule has 0 radical (unpaired) electrons. The molecule has 0 unspecified atom stereocenters. The van der Waals surface area contributed by atoms with E-state index in [1.165, 1.54) is 17.4 Å². The molecule has 1 aromatic heterocycles. The van der Waals surface area contributed by atoms with Gasteiger partial charge in [-0.1, -0.05) is 12.1 Å². The number of likely N-dealkylation sites (N-methyl/N-ethyl adjacent to an activating group) is 1. The summed E-state index contributed by atoms with van der Waals surface area (Å²) in [5.41, 5.74) is 0.918. The maximum Gasteiger partial charge on any atom is 0.259 e. The molecule has 1 fully saturated rings. The van der Waals surface area contributed by atoms with Gasteiger partial charge in [0.1, 0.15) is 12.0 Å². The number of para-hydroxylation sites is 1. The molecule has 1 saturated heterocycles. The van der Waals surface area contributed by atoms with Crippen molar-refractivity contribution in [3.8, 4) is 5.75 Å². The van der Waals surface area contributed by atoms with E-state index in [2.05, 4.69) is 5.32 Å². The second-order valence-electron chi connectivity index (χ2n) is 7.12. The summed E-state index contributed by atoms with van der Waals surface area (Å²) in [5, 5.41) is 3.01. The van der Waals surface area contributed by atoms with Gasteiger partial charge in [0.15, 0.2) is 6.61 Å². The van der Waals surface area contributed by atoms with Gasteiger partial charge in [0.05, 0.1) is 17.4 Å². The Morgan fingerprint density at radius 2 is 1.90 bits per heavy atom. The summed E-state index contributed by atoms with van der Waals surface area (Å²) in [7, 11) is 3.29. The summed E-state index contributed by atoms with van der Waals surface area (Å²) in [4.78, 5) is 40.0. The molecule has 154 valence electrons. The minimum absolute atomic E-state index is 0.0348. The molecule has 8 nitrogen and oxygen atoms in total. The van der Waals surface area contributed by atoms with Crippen LogP contribution in [0.1, 0.15) is 33.6 Å². The predicted molar refractivity (Wildman–Crippen MR) is 106 cm³/mol. The molecule has 0 bridgehead atoms. The Morgan fingerprint density at radius 3 is 2.55 bits per heavy atom. The molecule has 8 heteroatoms. The van der Waals surface area contributed by atoms with E-state index in [4.69, 9.17) is 9.15 Å². The molecular formula is C21H25N3O5. The summed E-state index contributed by atoms with van der Waals surface area (Å²) < 4.78 is 10.5. The van der Waals surface area contributed by atoms with E-state index in [0.717, 1.165) is 0 Å². The second kappa shape index (κ2) is 9.27. The first kappa shape index (κ1) is 20.4. The number of carbonyl (C=O) groups excluding carboxylic acids is 3. The van der Waals surface area contributed by atoms with Crippen LogP contribution in [0.5, 0.6) is 5.75 Å². The largest absolute Gasteiger partial charge is 0.483 e. The molecule has 29 heavy (non-hydrogen) atoms. The Hall–Kier alpha value is -3.29. The maximum absolute atomic E-state index is 12.7. The van der Waals surface area contributed by atoms with Crippen LogP contribution in [0, 0.1) is 0 Å². The monoisotopic (exact) mass is 399 g/mol.